The Hall–Kier alpha value is -3.03. The van der Waals surface area contributed by atoms with Gasteiger partial charge in [0.2, 0.25) is 0 Å². The number of amides is 1. The maximum absolute atomic E-state index is 12.3. The average molecular weight is 419 g/mol. The van der Waals surface area contributed by atoms with Crippen LogP contribution in [0.25, 0.3) is 10.2 Å². The lowest BCUT2D eigenvalue weighted by atomic mass is 10.1. The van der Waals surface area contributed by atoms with Crippen molar-refractivity contribution in [3.8, 4) is 0 Å². The van der Waals surface area contributed by atoms with Gasteiger partial charge in [0.05, 0.1) is 15.9 Å². The molecule has 0 atom stereocenters. The van der Waals surface area contributed by atoms with Gasteiger partial charge in [0.15, 0.2) is 4.34 Å². The van der Waals surface area contributed by atoms with Crippen molar-refractivity contribution in [1.82, 2.24) is 15.4 Å². The van der Waals surface area contributed by atoms with E-state index in [1.54, 1.807) is 35.5 Å². The summed E-state index contributed by atoms with van der Waals surface area (Å²) in [5.41, 5.74) is 6.92. The Balaban J connectivity index is 1.35. The van der Waals surface area contributed by atoms with Crippen molar-refractivity contribution in [2.45, 2.75) is 17.0 Å². The van der Waals surface area contributed by atoms with Crippen molar-refractivity contribution in [3.63, 3.8) is 0 Å². The van der Waals surface area contributed by atoms with Gasteiger partial charge in [0, 0.05) is 29.3 Å². The Kier molecular flexibility index (Phi) is 5.97. The lowest BCUT2D eigenvalue weighted by Gasteiger charge is -2.04. The van der Waals surface area contributed by atoms with Gasteiger partial charge in [-0.15, -0.1) is 11.3 Å². The third-order valence-electron chi connectivity index (χ3n) is 4.26. The number of nitrogens with zero attached hydrogens (tertiary/aromatic N) is 3. The summed E-state index contributed by atoms with van der Waals surface area (Å²) in [6.45, 7) is 1.83. The van der Waals surface area contributed by atoms with Crippen molar-refractivity contribution in [2.75, 3.05) is 0 Å². The van der Waals surface area contributed by atoms with Crippen LogP contribution in [0.1, 0.15) is 28.4 Å². The minimum absolute atomic E-state index is 0.237. The molecule has 0 saturated carbocycles. The first-order chi connectivity index (χ1) is 14.2. The molecule has 0 spiro atoms. The first-order valence-electron chi connectivity index (χ1n) is 9.01. The summed E-state index contributed by atoms with van der Waals surface area (Å²) in [6.07, 6.45) is 3.41. The highest BCUT2D eigenvalue weighted by Crippen LogP contribution is 2.31. The molecule has 1 N–H and O–H groups in total. The number of pyridine rings is 1. The Morgan fingerprint density at radius 1 is 1.07 bits per heavy atom. The van der Waals surface area contributed by atoms with E-state index in [1.807, 2.05) is 61.5 Å². The van der Waals surface area contributed by atoms with E-state index in [0.717, 1.165) is 26.7 Å². The van der Waals surface area contributed by atoms with Gasteiger partial charge in [-0.05, 0) is 42.8 Å². The van der Waals surface area contributed by atoms with Crippen LogP contribution in [-0.2, 0) is 5.75 Å². The van der Waals surface area contributed by atoms with Crippen LogP contribution in [0.2, 0.25) is 0 Å². The normalized spacial score (nSPS) is 11.6. The fourth-order valence-corrected chi connectivity index (χ4v) is 4.68. The second-order valence-electron chi connectivity index (χ2n) is 6.31. The number of para-hydroxylation sites is 1. The van der Waals surface area contributed by atoms with Gasteiger partial charge in [-0.25, -0.2) is 10.4 Å². The topological polar surface area (TPSA) is 67.2 Å². The third kappa shape index (κ3) is 4.88. The van der Waals surface area contributed by atoms with E-state index >= 15 is 0 Å². The Morgan fingerprint density at radius 3 is 2.66 bits per heavy atom. The van der Waals surface area contributed by atoms with Gasteiger partial charge in [-0.1, -0.05) is 42.1 Å². The van der Waals surface area contributed by atoms with Crippen LogP contribution >= 0.6 is 23.1 Å². The summed E-state index contributed by atoms with van der Waals surface area (Å²) in [6, 6.07) is 19.4. The molecule has 7 heteroatoms. The molecule has 144 valence electrons. The second kappa shape index (κ2) is 8.98. The predicted molar refractivity (Wildman–Crippen MR) is 120 cm³/mol. The molecule has 29 heavy (non-hydrogen) atoms. The van der Waals surface area contributed by atoms with Gasteiger partial charge in [0.25, 0.3) is 5.91 Å². The standard InChI is InChI=1S/C22H18N4OS2/c1-15(18-5-4-12-23-13-18)25-26-21(27)17-10-8-16(9-11-17)14-28-22-24-19-6-2-3-7-20(19)29-22/h2-13H,14H2,1H3,(H,26,27)/b25-15+. The van der Waals surface area contributed by atoms with Gasteiger partial charge < -0.3 is 0 Å². The molecular weight excluding hydrogens is 400 g/mol. The number of hydrogen-bond acceptors (Lipinski definition) is 6. The molecule has 0 saturated heterocycles. The van der Waals surface area contributed by atoms with Gasteiger partial charge in [0.1, 0.15) is 0 Å². The fraction of sp³-hybridized carbons (Fsp3) is 0.0909. The molecule has 1 amide bonds. The molecule has 0 unspecified atom stereocenters. The Morgan fingerprint density at radius 2 is 1.90 bits per heavy atom. The quantitative estimate of drug-likeness (QED) is 0.268. The van der Waals surface area contributed by atoms with Crippen LogP contribution in [0.4, 0.5) is 0 Å². The second-order valence-corrected chi connectivity index (χ2v) is 8.57. The van der Waals surface area contributed by atoms with E-state index < -0.39 is 0 Å². The molecule has 2 aromatic heterocycles. The molecule has 4 rings (SSSR count). The molecule has 0 bridgehead atoms. The van der Waals surface area contributed by atoms with Gasteiger partial charge in [-0.3, -0.25) is 9.78 Å². The van der Waals surface area contributed by atoms with Crippen molar-refractivity contribution in [3.05, 3.63) is 89.7 Å². The monoisotopic (exact) mass is 418 g/mol. The number of fused-ring (bicyclic) bond motifs is 1. The van der Waals surface area contributed by atoms with E-state index in [0.29, 0.717) is 11.3 Å². The maximum atomic E-state index is 12.3. The van der Waals surface area contributed by atoms with E-state index in [2.05, 4.69) is 26.6 Å². The number of thioether (sulfide) groups is 1. The number of carbonyl (C=O) groups is 1. The number of hydrogen-bond donors (Lipinski definition) is 1. The first-order valence-corrected chi connectivity index (χ1v) is 10.8. The molecule has 0 radical (unpaired) electrons. The zero-order chi connectivity index (χ0) is 20.1. The number of hydrazone groups is 1. The zero-order valence-corrected chi connectivity index (χ0v) is 17.3. The largest absolute Gasteiger partial charge is 0.271 e. The predicted octanol–water partition coefficient (Wildman–Crippen LogP) is 5.14. The molecule has 0 aliphatic carbocycles. The number of aromatic nitrogens is 2. The van der Waals surface area contributed by atoms with E-state index in [-0.39, 0.29) is 5.91 Å². The molecule has 4 aromatic rings. The first kappa shape index (κ1) is 19.3. The maximum Gasteiger partial charge on any atom is 0.271 e. The number of rotatable bonds is 6. The summed E-state index contributed by atoms with van der Waals surface area (Å²) in [4.78, 5) is 21.0. The number of benzene rings is 2. The number of nitrogens with one attached hydrogen (secondary N) is 1. The van der Waals surface area contributed by atoms with Gasteiger partial charge in [-0.2, -0.15) is 5.10 Å². The van der Waals surface area contributed by atoms with E-state index in [9.17, 15) is 4.79 Å². The smallest absolute Gasteiger partial charge is 0.267 e. The third-order valence-corrected chi connectivity index (χ3v) is 6.51. The molecule has 0 fully saturated rings. The number of thiazole rings is 1. The molecule has 0 aliphatic heterocycles. The summed E-state index contributed by atoms with van der Waals surface area (Å²) in [5, 5.41) is 4.16. The summed E-state index contributed by atoms with van der Waals surface area (Å²) < 4.78 is 2.25. The molecule has 2 heterocycles. The van der Waals surface area contributed by atoms with Crippen LogP contribution < -0.4 is 5.43 Å². The van der Waals surface area contributed by atoms with Crippen molar-refractivity contribution in [2.24, 2.45) is 5.10 Å². The lowest BCUT2D eigenvalue weighted by Crippen LogP contribution is -2.19. The molecule has 0 aliphatic rings. The fourth-order valence-electron chi connectivity index (χ4n) is 2.65. The van der Waals surface area contributed by atoms with Crippen LogP contribution in [0.5, 0.6) is 0 Å². The van der Waals surface area contributed by atoms with E-state index in [1.165, 1.54) is 4.70 Å². The Labute approximate surface area is 176 Å². The van der Waals surface area contributed by atoms with Crippen LogP contribution in [0, 0.1) is 0 Å². The van der Waals surface area contributed by atoms with Gasteiger partial charge >= 0.3 is 0 Å². The van der Waals surface area contributed by atoms with E-state index in [4.69, 9.17) is 0 Å². The molecule has 5 nitrogen and oxygen atoms in total. The van der Waals surface area contributed by atoms with Crippen LogP contribution in [0.15, 0.2) is 82.5 Å². The highest BCUT2D eigenvalue weighted by atomic mass is 32.2. The zero-order valence-electron chi connectivity index (χ0n) is 15.7. The molecule has 2 aromatic carbocycles. The highest BCUT2D eigenvalue weighted by Gasteiger charge is 2.07. The van der Waals surface area contributed by atoms with Crippen molar-refractivity contribution in [1.29, 1.82) is 0 Å². The molecular formula is C22H18N4OS2. The minimum Gasteiger partial charge on any atom is -0.267 e. The summed E-state index contributed by atoms with van der Waals surface area (Å²) in [7, 11) is 0. The average Bonchev–Trinajstić information content (AvgIpc) is 3.20. The summed E-state index contributed by atoms with van der Waals surface area (Å²) in [5.74, 6) is 0.568. The Bertz CT molecular complexity index is 1120. The highest BCUT2D eigenvalue weighted by molar-refractivity contribution is 8.00. The van der Waals surface area contributed by atoms with Crippen LogP contribution in [-0.4, -0.2) is 21.6 Å². The van der Waals surface area contributed by atoms with Crippen LogP contribution in [0.3, 0.4) is 0 Å². The van der Waals surface area contributed by atoms with Crippen molar-refractivity contribution >= 4 is 44.9 Å². The number of carbonyl (C=O) groups excluding carboxylic acids is 1. The summed E-state index contributed by atoms with van der Waals surface area (Å²) >= 11 is 3.40. The van der Waals surface area contributed by atoms with Crippen molar-refractivity contribution < 1.29 is 4.79 Å². The SMILES string of the molecule is C/C(=N\NC(=O)c1ccc(CSc2nc3ccccc3s2)cc1)c1cccnc1. The lowest BCUT2D eigenvalue weighted by molar-refractivity contribution is 0.0955. The minimum atomic E-state index is -0.237.